The molecule has 1 spiro atoms. The molecular formula is C16H24F3NO2. The summed E-state index contributed by atoms with van der Waals surface area (Å²) in [6.07, 6.45) is 1.00. The maximum Gasteiger partial charge on any atom is 0.417 e. The van der Waals surface area contributed by atoms with Crippen LogP contribution in [-0.2, 0) is 4.74 Å². The molecule has 3 atom stereocenters. The number of fused-ring (bicyclic) bond motifs is 2. The van der Waals surface area contributed by atoms with E-state index in [0.29, 0.717) is 30.9 Å². The Bertz CT molecular complexity index is 441. The van der Waals surface area contributed by atoms with Crippen molar-refractivity contribution >= 4 is 0 Å². The van der Waals surface area contributed by atoms with E-state index in [0.717, 1.165) is 13.0 Å². The predicted octanol–water partition coefficient (Wildman–Crippen LogP) is 2.77. The summed E-state index contributed by atoms with van der Waals surface area (Å²) < 4.78 is 44.5. The summed E-state index contributed by atoms with van der Waals surface area (Å²) in [6, 6.07) is 0.516. The Morgan fingerprint density at radius 2 is 1.73 bits per heavy atom. The molecule has 0 aromatic heterocycles. The van der Waals surface area contributed by atoms with Crippen molar-refractivity contribution in [3.63, 3.8) is 0 Å². The van der Waals surface area contributed by atoms with E-state index in [4.69, 9.17) is 4.74 Å². The van der Waals surface area contributed by atoms with E-state index in [1.807, 2.05) is 0 Å². The molecule has 4 rings (SSSR count). The molecule has 1 saturated heterocycles. The topological polar surface area (TPSA) is 41.5 Å². The van der Waals surface area contributed by atoms with Crippen LogP contribution < -0.4 is 5.32 Å². The van der Waals surface area contributed by atoms with Gasteiger partial charge in [0.2, 0.25) is 0 Å². The van der Waals surface area contributed by atoms with E-state index in [9.17, 15) is 18.3 Å². The van der Waals surface area contributed by atoms with Crippen molar-refractivity contribution in [1.29, 1.82) is 0 Å². The predicted molar refractivity (Wildman–Crippen MR) is 74.3 cm³/mol. The van der Waals surface area contributed by atoms with E-state index in [2.05, 4.69) is 5.32 Å². The van der Waals surface area contributed by atoms with Gasteiger partial charge in [0.05, 0.1) is 6.10 Å². The van der Waals surface area contributed by atoms with Crippen molar-refractivity contribution in [2.45, 2.75) is 81.3 Å². The average Bonchev–Trinajstić information content (AvgIpc) is 2.80. The number of hydrogen-bond acceptors (Lipinski definition) is 3. The second kappa shape index (κ2) is 4.84. The summed E-state index contributed by atoms with van der Waals surface area (Å²) >= 11 is 0. The number of ether oxygens (including phenoxy) is 1. The molecule has 0 radical (unpaired) electrons. The lowest BCUT2D eigenvalue weighted by molar-refractivity contribution is -0.271. The molecule has 3 saturated carbocycles. The van der Waals surface area contributed by atoms with Crippen LogP contribution in [0, 0.1) is 11.3 Å². The van der Waals surface area contributed by atoms with Gasteiger partial charge >= 0.3 is 6.18 Å². The van der Waals surface area contributed by atoms with Crippen LogP contribution in [0.15, 0.2) is 0 Å². The van der Waals surface area contributed by atoms with E-state index in [1.165, 1.54) is 19.3 Å². The lowest BCUT2D eigenvalue weighted by atomic mass is 9.46. The van der Waals surface area contributed by atoms with Gasteiger partial charge in [-0.25, -0.2) is 0 Å². The summed E-state index contributed by atoms with van der Waals surface area (Å²) in [4.78, 5) is 0. The summed E-state index contributed by atoms with van der Waals surface area (Å²) in [5.41, 5.74) is -2.21. The Morgan fingerprint density at radius 3 is 2.27 bits per heavy atom. The van der Waals surface area contributed by atoms with Crippen molar-refractivity contribution in [1.82, 2.24) is 5.32 Å². The third-order valence-electron chi connectivity index (χ3n) is 6.79. The number of aliphatic hydroxyl groups is 1. The number of rotatable bonds is 2. The van der Waals surface area contributed by atoms with E-state index in [1.54, 1.807) is 0 Å². The van der Waals surface area contributed by atoms with Gasteiger partial charge in [-0.05, 0) is 44.9 Å². The Kier molecular flexibility index (Phi) is 3.34. The molecule has 6 heteroatoms. The molecule has 0 aromatic carbocycles. The molecule has 4 fully saturated rings. The second-order valence-corrected chi connectivity index (χ2v) is 7.78. The molecule has 3 aliphatic carbocycles. The first-order valence-corrected chi connectivity index (χ1v) is 8.53. The van der Waals surface area contributed by atoms with Crippen molar-refractivity contribution in [3.8, 4) is 0 Å². The molecule has 3 nitrogen and oxygen atoms in total. The van der Waals surface area contributed by atoms with Crippen LogP contribution in [0.2, 0.25) is 0 Å². The van der Waals surface area contributed by atoms with Crippen LogP contribution in [0.4, 0.5) is 13.2 Å². The van der Waals surface area contributed by atoms with Gasteiger partial charge in [-0.3, -0.25) is 0 Å². The molecule has 0 amide bonds. The molecule has 0 bridgehead atoms. The van der Waals surface area contributed by atoms with Gasteiger partial charge < -0.3 is 15.2 Å². The van der Waals surface area contributed by atoms with Crippen LogP contribution in [0.25, 0.3) is 0 Å². The van der Waals surface area contributed by atoms with Gasteiger partial charge in [-0.15, -0.1) is 0 Å². The zero-order chi connectivity index (χ0) is 15.6. The van der Waals surface area contributed by atoms with Crippen LogP contribution in [0.5, 0.6) is 0 Å². The van der Waals surface area contributed by atoms with Gasteiger partial charge in [0.25, 0.3) is 0 Å². The van der Waals surface area contributed by atoms with Crippen molar-refractivity contribution < 1.29 is 23.0 Å². The quantitative estimate of drug-likeness (QED) is 0.822. The highest BCUT2D eigenvalue weighted by atomic mass is 19.4. The van der Waals surface area contributed by atoms with Crippen LogP contribution in [-0.4, -0.2) is 41.7 Å². The first-order chi connectivity index (χ1) is 10.4. The minimum Gasteiger partial charge on any atom is -0.380 e. The third kappa shape index (κ3) is 1.99. The van der Waals surface area contributed by atoms with Crippen molar-refractivity contribution in [2.75, 3.05) is 6.61 Å². The molecule has 126 valence electrons. The Hall–Kier alpha value is -0.330. The van der Waals surface area contributed by atoms with Gasteiger partial charge in [0.15, 0.2) is 5.60 Å². The summed E-state index contributed by atoms with van der Waals surface area (Å²) in [7, 11) is 0. The number of halogens is 3. The molecule has 0 unspecified atom stereocenters. The van der Waals surface area contributed by atoms with E-state index in [-0.39, 0.29) is 24.3 Å². The van der Waals surface area contributed by atoms with Crippen LogP contribution in [0.3, 0.4) is 0 Å². The molecule has 2 N–H and O–H groups in total. The zero-order valence-corrected chi connectivity index (χ0v) is 12.7. The SMILES string of the molecule is OC1(C(F)(F)F)CCC(N[C@@H]2[C@@H]3CCO[C@@H]3C23CCC3)CC1. The Morgan fingerprint density at radius 1 is 1.05 bits per heavy atom. The fraction of sp³-hybridized carbons (Fsp3) is 1.00. The second-order valence-electron chi connectivity index (χ2n) is 7.78. The minimum absolute atomic E-state index is 0.103. The highest BCUT2D eigenvalue weighted by Gasteiger charge is 2.66. The fourth-order valence-electron chi connectivity index (χ4n) is 5.29. The highest BCUT2D eigenvalue weighted by Crippen LogP contribution is 2.63. The first kappa shape index (κ1) is 15.2. The average molecular weight is 319 g/mol. The normalized spacial score (nSPS) is 46.9. The zero-order valence-electron chi connectivity index (χ0n) is 12.7. The Labute approximate surface area is 128 Å². The smallest absolute Gasteiger partial charge is 0.380 e. The fourth-order valence-corrected chi connectivity index (χ4v) is 5.29. The summed E-state index contributed by atoms with van der Waals surface area (Å²) in [5, 5.41) is 13.4. The largest absolute Gasteiger partial charge is 0.417 e. The van der Waals surface area contributed by atoms with E-state index < -0.39 is 11.8 Å². The molecule has 22 heavy (non-hydrogen) atoms. The number of hydrogen-bond donors (Lipinski definition) is 2. The third-order valence-corrected chi connectivity index (χ3v) is 6.79. The first-order valence-electron chi connectivity index (χ1n) is 8.53. The van der Waals surface area contributed by atoms with Gasteiger partial charge in [0, 0.05) is 30.0 Å². The Balaban J connectivity index is 1.37. The summed E-state index contributed by atoms with van der Waals surface area (Å²) in [6.45, 7) is 0.827. The number of alkyl halides is 3. The molecule has 0 aromatic rings. The minimum atomic E-state index is -4.51. The monoisotopic (exact) mass is 319 g/mol. The van der Waals surface area contributed by atoms with Crippen molar-refractivity contribution in [3.05, 3.63) is 0 Å². The number of nitrogens with one attached hydrogen (secondary N) is 1. The molecular weight excluding hydrogens is 295 g/mol. The van der Waals surface area contributed by atoms with Gasteiger partial charge in [-0.1, -0.05) is 6.42 Å². The molecule has 1 heterocycles. The maximum absolute atomic E-state index is 12.9. The highest BCUT2D eigenvalue weighted by molar-refractivity contribution is 5.19. The van der Waals surface area contributed by atoms with Crippen LogP contribution in [0.1, 0.15) is 51.4 Å². The lowest BCUT2D eigenvalue weighted by Crippen LogP contribution is -2.72. The molecule has 4 aliphatic rings. The summed E-state index contributed by atoms with van der Waals surface area (Å²) in [5.74, 6) is 0.545. The van der Waals surface area contributed by atoms with Crippen LogP contribution >= 0.6 is 0 Å². The van der Waals surface area contributed by atoms with E-state index >= 15 is 0 Å². The van der Waals surface area contributed by atoms with Gasteiger partial charge in [-0.2, -0.15) is 13.2 Å². The standard InChI is InChI=1S/C16H24F3NO2/c17-16(18,19)15(21)7-2-10(3-8-15)20-12-11-4-9-22-13(11)14(12)5-1-6-14/h10-13,20-21H,1-9H2/t10?,11-,12+,13-,15?/m0/s1. The van der Waals surface area contributed by atoms with Gasteiger partial charge in [0.1, 0.15) is 0 Å². The lowest BCUT2D eigenvalue weighted by Gasteiger charge is -2.64. The molecule has 1 aliphatic heterocycles. The maximum atomic E-state index is 12.9. The van der Waals surface area contributed by atoms with Crippen molar-refractivity contribution in [2.24, 2.45) is 11.3 Å².